The lowest BCUT2D eigenvalue weighted by Gasteiger charge is -2.11. The fraction of sp³-hybridized carbons (Fsp3) is 0.375. The lowest BCUT2D eigenvalue weighted by Crippen LogP contribution is -2.11. The van der Waals surface area contributed by atoms with Crippen LogP contribution in [0.4, 0.5) is 0 Å². The number of aliphatic hydroxyl groups excluding tert-OH is 1. The molecular weight excluding hydrogens is 176 g/mol. The average molecular weight is 185 g/mol. The van der Waals surface area contributed by atoms with Crippen molar-refractivity contribution >= 4 is 17.3 Å². The fourth-order valence-electron chi connectivity index (χ4n) is 1.13. The minimum absolute atomic E-state index is 0.201. The molecule has 0 aliphatic heterocycles. The molecule has 1 aliphatic carbocycles. The summed E-state index contributed by atoms with van der Waals surface area (Å²) in [5.41, 5.74) is 10.3. The molecule has 0 radical (unpaired) electrons. The molecule has 64 valence electrons. The second kappa shape index (κ2) is 3.13. The Morgan fingerprint density at radius 3 is 2.58 bits per heavy atom. The zero-order chi connectivity index (χ0) is 9.30. The minimum atomic E-state index is 0.201. The zero-order valence-corrected chi connectivity index (χ0v) is 7.68. The quantitative estimate of drug-likeness (QED) is 0.456. The topological polar surface area (TPSA) is 56.6 Å². The summed E-state index contributed by atoms with van der Waals surface area (Å²) >= 11 is 5.79. The monoisotopic (exact) mass is 184 g/mol. The molecule has 0 aromatic heterocycles. The summed E-state index contributed by atoms with van der Waals surface area (Å²) in [5, 5.41) is 9.76. The van der Waals surface area contributed by atoms with Crippen LogP contribution in [-0.4, -0.2) is 15.6 Å². The Bertz CT molecular complexity index is 335. The van der Waals surface area contributed by atoms with Crippen molar-refractivity contribution in [1.82, 2.24) is 0 Å². The Morgan fingerprint density at radius 1 is 1.50 bits per heavy atom. The molecule has 0 amide bonds. The molecule has 1 rings (SSSR count). The molecule has 0 aromatic rings. The van der Waals surface area contributed by atoms with Gasteiger partial charge in [-0.15, -0.1) is 0 Å². The van der Waals surface area contributed by atoms with E-state index in [1.165, 1.54) is 0 Å². The van der Waals surface area contributed by atoms with Crippen molar-refractivity contribution in [2.45, 2.75) is 20.3 Å². The highest BCUT2D eigenvalue weighted by atomic mass is 35.5. The fourth-order valence-corrected chi connectivity index (χ4v) is 1.33. The number of halogens is 1. The number of aliphatic hydroxyl groups is 1. The molecule has 0 atom stereocenters. The molecule has 1 N–H and O–H groups in total. The third kappa shape index (κ3) is 1.29. The van der Waals surface area contributed by atoms with E-state index in [4.69, 9.17) is 17.1 Å². The van der Waals surface area contributed by atoms with Crippen LogP contribution in [0.5, 0.6) is 0 Å². The van der Waals surface area contributed by atoms with Gasteiger partial charge in [-0.25, -0.2) is 0 Å². The first kappa shape index (κ1) is 9.04. The highest BCUT2D eigenvalue weighted by Gasteiger charge is 2.25. The molecule has 4 heteroatoms. The van der Waals surface area contributed by atoms with E-state index in [2.05, 4.69) is 4.79 Å². The van der Waals surface area contributed by atoms with Crippen LogP contribution in [0.3, 0.4) is 0 Å². The van der Waals surface area contributed by atoms with Gasteiger partial charge in [0.25, 0.3) is 0 Å². The maximum Gasteiger partial charge on any atom is 0.314 e. The summed E-state index contributed by atoms with van der Waals surface area (Å²) in [6, 6.07) is 0. The maximum atomic E-state index is 9.43. The number of nitrogens with zero attached hydrogens (tertiary/aromatic N) is 2. The van der Waals surface area contributed by atoms with E-state index in [0.717, 1.165) is 5.57 Å². The average Bonchev–Trinajstić information content (AvgIpc) is 2.08. The predicted molar refractivity (Wildman–Crippen MR) is 47.1 cm³/mol. The Hall–Kier alpha value is -1.05. The van der Waals surface area contributed by atoms with Gasteiger partial charge in [-0.2, -0.15) is 4.79 Å². The van der Waals surface area contributed by atoms with Gasteiger partial charge in [0.15, 0.2) is 0 Å². The largest absolute Gasteiger partial charge is 0.508 e. The van der Waals surface area contributed by atoms with Crippen LogP contribution in [0.25, 0.3) is 5.53 Å². The van der Waals surface area contributed by atoms with Crippen molar-refractivity contribution in [2.75, 3.05) is 0 Å². The van der Waals surface area contributed by atoms with Crippen molar-refractivity contribution in [2.24, 2.45) is 0 Å². The van der Waals surface area contributed by atoms with Crippen LogP contribution in [0.2, 0.25) is 0 Å². The molecule has 0 saturated carbocycles. The first-order chi connectivity index (χ1) is 5.57. The summed E-state index contributed by atoms with van der Waals surface area (Å²) in [6.07, 6.45) is 0.401. The molecule has 1 aliphatic rings. The Labute approximate surface area is 75.6 Å². The standard InChI is InChI=1S/C8H9ClN2O/c1-4-3-6(11-10)7(9)5(2)8(4)12/h12H,3H2,1-2H3. The van der Waals surface area contributed by atoms with Gasteiger partial charge in [-0.1, -0.05) is 11.6 Å². The van der Waals surface area contributed by atoms with E-state index in [1.807, 2.05) is 0 Å². The minimum Gasteiger partial charge on any atom is -0.508 e. The van der Waals surface area contributed by atoms with Crippen molar-refractivity contribution in [1.29, 1.82) is 0 Å². The molecule has 0 bridgehead atoms. The van der Waals surface area contributed by atoms with Gasteiger partial charge < -0.3 is 10.6 Å². The SMILES string of the molecule is CC1=C(O)C(C)=C(Cl)C(=[N+]=[N-])C1. The second-order valence-electron chi connectivity index (χ2n) is 2.79. The summed E-state index contributed by atoms with van der Waals surface area (Å²) in [5.74, 6) is 0.201. The maximum absolute atomic E-state index is 9.43. The molecule has 0 aromatic carbocycles. The second-order valence-corrected chi connectivity index (χ2v) is 3.17. The van der Waals surface area contributed by atoms with Crippen molar-refractivity contribution in [3.63, 3.8) is 0 Å². The molecular formula is C8H9ClN2O. The van der Waals surface area contributed by atoms with Gasteiger partial charge in [-0.3, -0.25) is 0 Å². The first-order valence-corrected chi connectivity index (χ1v) is 3.92. The van der Waals surface area contributed by atoms with E-state index >= 15 is 0 Å². The number of hydrogen-bond acceptors (Lipinski definition) is 1. The van der Waals surface area contributed by atoms with Gasteiger partial charge >= 0.3 is 5.71 Å². The Kier molecular flexibility index (Phi) is 2.36. The highest BCUT2D eigenvalue weighted by molar-refractivity contribution is 6.43. The molecule has 3 nitrogen and oxygen atoms in total. The van der Waals surface area contributed by atoms with E-state index in [9.17, 15) is 5.11 Å². The molecule has 0 fully saturated rings. The van der Waals surface area contributed by atoms with Crippen LogP contribution < -0.4 is 0 Å². The Balaban J connectivity index is 3.29. The van der Waals surface area contributed by atoms with Crippen molar-refractivity contribution in [3.05, 3.63) is 27.5 Å². The van der Waals surface area contributed by atoms with Crippen LogP contribution >= 0.6 is 11.6 Å². The molecule has 0 unspecified atom stereocenters. The van der Waals surface area contributed by atoms with Crippen LogP contribution in [0.1, 0.15) is 20.3 Å². The summed E-state index contributed by atoms with van der Waals surface area (Å²) in [7, 11) is 0. The lowest BCUT2D eigenvalue weighted by molar-refractivity contribution is -0.00626. The third-order valence-electron chi connectivity index (χ3n) is 1.90. The predicted octanol–water partition coefficient (Wildman–Crippen LogP) is 2.41. The van der Waals surface area contributed by atoms with Crippen LogP contribution in [-0.2, 0) is 0 Å². The number of rotatable bonds is 0. The van der Waals surface area contributed by atoms with Crippen LogP contribution in [0, 0.1) is 0 Å². The van der Waals surface area contributed by atoms with Gasteiger partial charge in [0.2, 0.25) is 0 Å². The summed E-state index contributed by atoms with van der Waals surface area (Å²) in [4.78, 5) is 3.05. The highest BCUT2D eigenvalue weighted by Crippen LogP contribution is 2.27. The van der Waals surface area contributed by atoms with E-state index in [0.29, 0.717) is 22.7 Å². The van der Waals surface area contributed by atoms with Crippen molar-refractivity contribution in [3.8, 4) is 0 Å². The van der Waals surface area contributed by atoms with E-state index in [1.54, 1.807) is 13.8 Å². The smallest absolute Gasteiger partial charge is 0.314 e. The molecule has 0 saturated heterocycles. The first-order valence-electron chi connectivity index (χ1n) is 3.54. The van der Waals surface area contributed by atoms with Crippen molar-refractivity contribution < 1.29 is 9.90 Å². The summed E-state index contributed by atoms with van der Waals surface area (Å²) < 4.78 is 0. The number of allylic oxidation sites excluding steroid dienone is 3. The van der Waals surface area contributed by atoms with Gasteiger partial charge in [0.05, 0.1) is 6.42 Å². The summed E-state index contributed by atoms with van der Waals surface area (Å²) in [6.45, 7) is 3.46. The molecule has 0 spiro atoms. The van der Waals surface area contributed by atoms with E-state index < -0.39 is 0 Å². The Morgan fingerprint density at radius 2 is 2.08 bits per heavy atom. The lowest BCUT2D eigenvalue weighted by atomic mass is 9.98. The van der Waals surface area contributed by atoms with Gasteiger partial charge in [0.1, 0.15) is 10.8 Å². The third-order valence-corrected chi connectivity index (χ3v) is 2.40. The zero-order valence-electron chi connectivity index (χ0n) is 6.93. The van der Waals surface area contributed by atoms with Gasteiger partial charge in [-0.05, 0) is 19.4 Å². The van der Waals surface area contributed by atoms with Gasteiger partial charge in [0, 0.05) is 5.57 Å². The van der Waals surface area contributed by atoms with E-state index in [-0.39, 0.29) is 5.76 Å². The molecule has 12 heavy (non-hydrogen) atoms. The van der Waals surface area contributed by atoms with Crippen LogP contribution in [0.15, 0.2) is 21.9 Å². The normalized spacial score (nSPS) is 18.4. The molecule has 0 heterocycles. The number of hydrogen-bond donors (Lipinski definition) is 1.